The lowest BCUT2D eigenvalue weighted by molar-refractivity contribution is -0.127. The number of hydrogen-bond acceptors (Lipinski definition) is 6. The number of sulfonamides is 2. The van der Waals surface area contributed by atoms with Gasteiger partial charge in [-0.05, 0) is 43.8 Å². The average molecular weight is 454 g/mol. The minimum absolute atomic E-state index is 0.176. The summed E-state index contributed by atoms with van der Waals surface area (Å²) in [5, 5.41) is 2.71. The molecule has 1 heterocycles. The van der Waals surface area contributed by atoms with Crippen molar-refractivity contribution < 1.29 is 26.4 Å². The zero-order chi connectivity index (χ0) is 21.9. The van der Waals surface area contributed by atoms with Gasteiger partial charge in [-0.25, -0.2) is 21.6 Å². The summed E-state index contributed by atoms with van der Waals surface area (Å²) in [7, 11) is -6.76. The highest BCUT2D eigenvalue weighted by Gasteiger charge is 2.37. The van der Waals surface area contributed by atoms with Crippen LogP contribution in [-0.2, 0) is 24.8 Å². The van der Waals surface area contributed by atoms with Gasteiger partial charge in [-0.3, -0.25) is 9.10 Å². The molecule has 30 heavy (non-hydrogen) atoms. The van der Waals surface area contributed by atoms with Crippen LogP contribution in [0, 0.1) is 0 Å². The lowest BCUT2D eigenvalue weighted by Crippen LogP contribution is -2.50. The van der Waals surface area contributed by atoms with Crippen LogP contribution in [0.1, 0.15) is 13.3 Å². The summed E-state index contributed by atoms with van der Waals surface area (Å²) in [6.45, 7) is 2.11. The largest absolute Gasteiger partial charge is 0.476 e. The molecule has 11 heteroatoms. The van der Waals surface area contributed by atoms with Crippen molar-refractivity contribution in [3.63, 3.8) is 0 Å². The summed E-state index contributed by atoms with van der Waals surface area (Å²) in [6.07, 6.45) is -0.311. The Balaban J connectivity index is 2.04. The highest BCUT2D eigenvalue weighted by molar-refractivity contribution is 7.93. The fourth-order valence-corrected chi connectivity index (χ4v) is 5.35. The van der Waals surface area contributed by atoms with Gasteiger partial charge in [-0.2, -0.15) is 0 Å². The number of rotatable bonds is 7. The third kappa shape index (κ3) is 4.27. The van der Waals surface area contributed by atoms with Crippen molar-refractivity contribution in [3.05, 3.63) is 48.5 Å². The van der Waals surface area contributed by atoms with E-state index in [-0.39, 0.29) is 27.8 Å². The number of anilines is 1. The van der Waals surface area contributed by atoms with Gasteiger partial charge in [0.2, 0.25) is 10.0 Å². The number of carbonyl (C=O) groups excluding carboxylic acids is 1. The fraction of sp³-hybridized carbons (Fsp3) is 0.316. The monoisotopic (exact) mass is 453 g/mol. The van der Waals surface area contributed by atoms with Crippen molar-refractivity contribution in [2.24, 2.45) is 0 Å². The molecular weight excluding hydrogens is 430 g/mol. The molecule has 1 amide bonds. The zero-order valence-corrected chi connectivity index (χ0v) is 18.2. The van der Waals surface area contributed by atoms with Gasteiger partial charge in [0.1, 0.15) is 5.75 Å². The van der Waals surface area contributed by atoms with Crippen LogP contribution in [0.4, 0.5) is 5.69 Å². The highest BCUT2D eigenvalue weighted by atomic mass is 32.2. The van der Waals surface area contributed by atoms with E-state index in [0.29, 0.717) is 6.54 Å². The topological polar surface area (TPSA) is 122 Å². The lowest BCUT2D eigenvalue weighted by Gasteiger charge is -2.34. The average Bonchev–Trinajstić information content (AvgIpc) is 2.76. The zero-order valence-electron chi connectivity index (χ0n) is 16.5. The quantitative estimate of drug-likeness (QED) is 0.647. The Kier molecular flexibility index (Phi) is 6.34. The molecule has 1 atom stereocenters. The van der Waals surface area contributed by atoms with E-state index in [1.165, 1.54) is 25.2 Å². The number of nitrogens with zero attached hydrogens (tertiary/aromatic N) is 1. The van der Waals surface area contributed by atoms with E-state index in [1.807, 2.05) is 6.92 Å². The summed E-state index contributed by atoms with van der Waals surface area (Å²) in [5.74, 6) is -0.166. The van der Waals surface area contributed by atoms with Gasteiger partial charge in [0, 0.05) is 6.54 Å². The summed E-state index contributed by atoms with van der Waals surface area (Å²) in [4.78, 5) is 12.1. The Morgan fingerprint density at radius 3 is 2.50 bits per heavy atom. The maximum atomic E-state index is 13.4. The molecule has 1 aliphatic rings. The third-order valence-electron chi connectivity index (χ3n) is 4.55. The maximum absolute atomic E-state index is 13.4. The van der Waals surface area contributed by atoms with E-state index < -0.39 is 32.1 Å². The number of ether oxygens (including phenoxy) is 1. The maximum Gasteiger partial charge on any atom is 0.264 e. The van der Waals surface area contributed by atoms with Gasteiger partial charge in [0.15, 0.2) is 6.10 Å². The summed E-state index contributed by atoms with van der Waals surface area (Å²) in [6, 6.07) is 11.5. The van der Waals surface area contributed by atoms with Crippen molar-refractivity contribution in [1.82, 2.24) is 10.0 Å². The van der Waals surface area contributed by atoms with Crippen molar-refractivity contribution in [2.75, 3.05) is 24.4 Å². The summed E-state index contributed by atoms with van der Waals surface area (Å²) >= 11 is 0. The molecule has 162 valence electrons. The van der Waals surface area contributed by atoms with Gasteiger partial charge in [0.25, 0.3) is 15.9 Å². The van der Waals surface area contributed by atoms with E-state index in [1.54, 1.807) is 24.3 Å². The number of carbonyl (C=O) groups is 1. The van der Waals surface area contributed by atoms with Gasteiger partial charge in [-0.1, -0.05) is 25.1 Å². The highest BCUT2D eigenvalue weighted by Crippen LogP contribution is 2.37. The van der Waals surface area contributed by atoms with Crippen LogP contribution in [0.5, 0.6) is 5.75 Å². The van der Waals surface area contributed by atoms with E-state index >= 15 is 0 Å². The Hall–Kier alpha value is -2.63. The Labute approximate surface area is 176 Å². The predicted octanol–water partition coefficient (Wildman–Crippen LogP) is 1.08. The van der Waals surface area contributed by atoms with Crippen LogP contribution < -0.4 is 19.1 Å². The summed E-state index contributed by atoms with van der Waals surface area (Å²) < 4.78 is 60.0. The Bertz CT molecular complexity index is 1150. The number of benzene rings is 2. The van der Waals surface area contributed by atoms with Crippen LogP contribution in [0.2, 0.25) is 0 Å². The van der Waals surface area contributed by atoms with E-state index in [4.69, 9.17) is 4.74 Å². The molecule has 2 aromatic rings. The molecule has 0 saturated heterocycles. The molecule has 2 aromatic carbocycles. The molecule has 0 aliphatic carbocycles. The standard InChI is InChI=1S/C19H23N3O6S2/c1-3-11-21-19(23)18-13-22(16-9-4-5-10-17(16)28-18)30(26,27)15-8-6-7-14(12-15)29(24,25)20-2/h4-10,12,18,20H,3,11,13H2,1-2H3,(H,21,23). The number of fused-ring (bicyclic) bond motifs is 1. The first-order valence-electron chi connectivity index (χ1n) is 9.30. The molecule has 0 radical (unpaired) electrons. The Morgan fingerprint density at radius 2 is 1.80 bits per heavy atom. The molecule has 0 saturated carbocycles. The number of para-hydroxylation sites is 2. The molecule has 0 spiro atoms. The number of amides is 1. The van der Waals surface area contributed by atoms with E-state index in [9.17, 15) is 21.6 Å². The van der Waals surface area contributed by atoms with Crippen molar-refractivity contribution >= 4 is 31.6 Å². The molecule has 0 bridgehead atoms. The van der Waals surface area contributed by atoms with E-state index in [2.05, 4.69) is 10.0 Å². The van der Waals surface area contributed by atoms with Gasteiger partial charge < -0.3 is 10.1 Å². The minimum Gasteiger partial charge on any atom is -0.476 e. The van der Waals surface area contributed by atoms with Crippen molar-refractivity contribution in [3.8, 4) is 5.75 Å². The fourth-order valence-electron chi connectivity index (χ4n) is 2.98. The second kappa shape index (κ2) is 8.62. The molecule has 2 N–H and O–H groups in total. The van der Waals surface area contributed by atoms with Crippen LogP contribution >= 0.6 is 0 Å². The van der Waals surface area contributed by atoms with Gasteiger partial charge in [-0.15, -0.1) is 0 Å². The molecule has 0 fully saturated rings. The van der Waals surface area contributed by atoms with E-state index in [0.717, 1.165) is 16.8 Å². The predicted molar refractivity (Wildman–Crippen MR) is 111 cm³/mol. The molecule has 9 nitrogen and oxygen atoms in total. The van der Waals surface area contributed by atoms with Crippen LogP contribution in [-0.4, -0.2) is 49.0 Å². The van der Waals surface area contributed by atoms with Crippen LogP contribution in [0.15, 0.2) is 58.3 Å². The minimum atomic E-state index is -4.17. The second-order valence-corrected chi connectivity index (χ2v) is 10.3. The third-order valence-corrected chi connectivity index (χ3v) is 7.74. The number of nitrogens with one attached hydrogen (secondary N) is 2. The lowest BCUT2D eigenvalue weighted by atomic mass is 10.2. The van der Waals surface area contributed by atoms with Crippen LogP contribution in [0.3, 0.4) is 0 Å². The molecule has 3 rings (SSSR count). The van der Waals surface area contributed by atoms with Crippen LogP contribution in [0.25, 0.3) is 0 Å². The first kappa shape index (κ1) is 22.1. The SMILES string of the molecule is CCCNC(=O)C1CN(S(=O)(=O)c2cccc(S(=O)(=O)NC)c2)c2ccccc2O1. The first-order valence-corrected chi connectivity index (χ1v) is 12.2. The normalized spacial score (nSPS) is 16.5. The van der Waals surface area contributed by atoms with Crippen molar-refractivity contribution in [1.29, 1.82) is 0 Å². The van der Waals surface area contributed by atoms with Crippen molar-refractivity contribution in [2.45, 2.75) is 29.2 Å². The molecule has 0 aromatic heterocycles. The smallest absolute Gasteiger partial charge is 0.264 e. The molecule has 1 aliphatic heterocycles. The number of hydrogen-bond donors (Lipinski definition) is 2. The second-order valence-electron chi connectivity index (χ2n) is 6.58. The molecule has 1 unspecified atom stereocenters. The first-order chi connectivity index (χ1) is 14.2. The summed E-state index contributed by atoms with van der Waals surface area (Å²) in [5.41, 5.74) is 0.277. The van der Waals surface area contributed by atoms with Gasteiger partial charge >= 0.3 is 0 Å². The Morgan fingerprint density at radius 1 is 1.10 bits per heavy atom. The molecular formula is C19H23N3O6S2. The van der Waals surface area contributed by atoms with Gasteiger partial charge in [0.05, 0.1) is 22.0 Å².